The number of rotatable bonds is 8. The van der Waals surface area contributed by atoms with E-state index in [0.717, 1.165) is 58.0 Å². The second-order valence-electron chi connectivity index (χ2n) is 10.6. The molecule has 4 rings (SSSR count). The van der Waals surface area contributed by atoms with Crippen LogP contribution in [0, 0.1) is 11.8 Å². The molecule has 2 unspecified atom stereocenters. The summed E-state index contributed by atoms with van der Waals surface area (Å²) in [6.45, 7) is 6.93. The molecule has 1 heterocycles. The van der Waals surface area contributed by atoms with E-state index in [4.69, 9.17) is 5.73 Å². The van der Waals surface area contributed by atoms with Crippen LogP contribution in [0.4, 0.5) is 0 Å². The summed E-state index contributed by atoms with van der Waals surface area (Å²) in [5.74, 6) is 0.865. The molecule has 3 aliphatic rings. The third-order valence-electron chi connectivity index (χ3n) is 7.25. The van der Waals surface area contributed by atoms with E-state index in [9.17, 15) is 9.59 Å². The summed E-state index contributed by atoms with van der Waals surface area (Å²) >= 11 is 0. The van der Waals surface area contributed by atoms with Crippen LogP contribution in [-0.2, 0) is 16.1 Å². The number of nitrogens with two attached hydrogens (primary N) is 1. The highest BCUT2D eigenvalue weighted by Crippen LogP contribution is 2.35. The topological polar surface area (TPSA) is 78.7 Å². The fourth-order valence-corrected chi connectivity index (χ4v) is 5.33. The van der Waals surface area contributed by atoms with Gasteiger partial charge in [-0.3, -0.25) is 14.5 Å². The number of likely N-dealkylation sites (tertiary alicyclic amines) is 1. The number of nitrogens with one attached hydrogen (secondary N) is 1. The van der Waals surface area contributed by atoms with Crippen molar-refractivity contribution in [1.82, 2.24) is 15.1 Å². The third-order valence-corrected chi connectivity index (χ3v) is 7.25. The number of carbonyl (C=O) groups is 2. The molecule has 2 aliphatic carbocycles. The molecule has 3 fully saturated rings. The quantitative estimate of drug-likeness (QED) is 0.652. The van der Waals surface area contributed by atoms with Gasteiger partial charge in [-0.05, 0) is 56.4 Å². The monoisotopic (exact) mass is 440 g/mol. The molecule has 2 amide bonds. The maximum atomic E-state index is 13.3. The molecule has 1 aromatic rings. The van der Waals surface area contributed by atoms with Gasteiger partial charge in [0.15, 0.2) is 0 Å². The van der Waals surface area contributed by atoms with E-state index < -0.39 is 0 Å². The molecule has 0 aromatic heterocycles. The lowest BCUT2D eigenvalue weighted by molar-refractivity contribution is -0.139. The van der Waals surface area contributed by atoms with Gasteiger partial charge in [-0.15, -0.1) is 0 Å². The molecule has 1 aliphatic heterocycles. The van der Waals surface area contributed by atoms with Gasteiger partial charge in [-0.1, -0.05) is 44.2 Å². The van der Waals surface area contributed by atoms with E-state index in [1.807, 2.05) is 11.0 Å². The van der Waals surface area contributed by atoms with Crippen LogP contribution >= 0.6 is 0 Å². The lowest BCUT2D eigenvalue weighted by atomic mass is 9.91. The predicted molar refractivity (Wildman–Crippen MR) is 127 cm³/mol. The Kier molecular flexibility index (Phi) is 7.51. The van der Waals surface area contributed by atoms with Crippen molar-refractivity contribution in [3.63, 3.8) is 0 Å². The van der Waals surface area contributed by atoms with Gasteiger partial charge in [0, 0.05) is 43.7 Å². The van der Waals surface area contributed by atoms with Crippen molar-refractivity contribution in [2.45, 2.75) is 89.5 Å². The highest BCUT2D eigenvalue weighted by Gasteiger charge is 2.46. The smallest absolute Gasteiger partial charge is 0.243 e. The summed E-state index contributed by atoms with van der Waals surface area (Å²) in [6, 6.07) is 10.8. The summed E-state index contributed by atoms with van der Waals surface area (Å²) in [7, 11) is 0. The molecule has 6 heteroatoms. The highest BCUT2D eigenvalue weighted by molar-refractivity contribution is 5.90. The lowest BCUT2D eigenvalue weighted by Gasteiger charge is -2.30. The molecule has 176 valence electrons. The van der Waals surface area contributed by atoms with Crippen LogP contribution in [-0.4, -0.2) is 58.9 Å². The van der Waals surface area contributed by atoms with E-state index in [1.165, 1.54) is 5.56 Å². The Morgan fingerprint density at radius 1 is 1.09 bits per heavy atom. The summed E-state index contributed by atoms with van der Waals surface area (Å²) in [6.07, 6.45) is 6.45. The number of nitrogens with zero attached hydrogens (tertiary/aromatic N) is 2. The van der Waals surface area contributed by atoms with Gasteiger partial charge >= 0.3 is 0 Å². The van der Waals surface area contributed by atoms with E-state index in [0.29, 0.717) is 12.5 Å². The van der Waals surface area contributed by atoms with Crippen molar-refractivity contribution in [3.05, 3.63) is 35.9 Å². The van der Waals surface area contributed by atoms with Gasteiger partial charge in [0.25, 0.3) is 0 Å². The van der Waals surface area contributed by atoms with Crippen molar-refractivity contribution in [2.75, 3.05) is 13.1 Å². The highest BCUT2D eigenvalue weighted by atomic mass is 16.2. The molecular weight excluding hydrogens is 400 g/mol. The average molecular weight is 441 g/mol. The van der Waals surface area contributed by atoms with Gasteiger partial charge in [0.2, 0.25) is 11.8 Å². The van der Waals surface area contributed by atoms with E-state index in [-0.39, 0.29) is 41.9 Å². The summed E-state index contributed by atoms with van der Waals surface area (Å²) in [5.41, 5.74) is 7.31. The molecule has 1 aromatic carbocycles. The number of amides is 2. The Balaban J connectivity index is 1.47. The Morgan fingerprint density at radius 3 is 2.41 bits per heavy atom. The van der Waals surface area contributed by atoms with Gasteiger partial charge in [0.1, 0.15) is 6.04 Å². The number of hydrogen-bond acceptors (Lipinski definition) is 4. The van der Waals surface area contributed by atoms with Crippen LogP contribution in [0.1, 0.15) is 64.4 Å². The van der Waals surface area contributed by atoms with Crippen molar-refractivity contribution in [3.8, 4) is 0 Å². The van der Waals surface area contributed by atoms with Crippen LogP contribution in [0.25, 0.3) is 0 Å². The molecule has 2 atom stereocenters. The Morgan fingerprint density at radius 2 is 1.78 bits per heavy atom. The molecule has 2 saturated carbocycles. The molecule has 3 N–H and O–H groups in total. The molecular formula is C26H40N4O2. The SMILES string of the molecule is CC(C)CN(Cc1ccccc1)C1CC(C(=O)NC2CCC(N)CC2)N(C(=O)C2CC2)C1. The maximum absolute atomic E-state index is 13.3. The molecule has 0 bridgehead atoms. The van der Waals surface area contributed by atoms with Gasteiger partial charge in [0.05, 0.1) is 0 Å². The summed E-state index contributed by atoms with van der Waals surface area (Å²) in [5, 5.41) is 3.27. The largest absolute Gasteiger partial charge is 0.352 e. The second kappa shape index (κ2) is 10.3. The first-order chi connectivity index (χ1) is 15.4. The van der Waals surface area contributed by atoms with Crippen LogP contribution in [0.5, 0.6) is 0 Å². The zero-order chi connectivity index (χ0) is 22.7. The van der Waals surface area contributed by atoms with Crippen LogP contribution in [0.3, 0.4) is 0 Å². The van der Waals surface area contributed by atoms with Crippen LogP contribution in [0.2, 0.25) is 0 Å². The van der Waals surface area contributed by atoms with Gasteiger partial charge in [-0.2, -0.15) is 0 Å². The van der Waals surface area contributed by atoms with Crippen LogP contribution < -0.4 is 11.1 Å². The molecule has 6 nitrogen and oxygen atoms in total. The minimum Gasteiger partial charge on any atom is -0.352 e. The normalized spacial score (nSPS) is 28.3. The zero-order valence-corrected chi connectivity index (χ0v) is 19.7. The van der Waals surface area contributed by atoms with Crippen LogP contribution in [0.15, 0.2) is 30.3 Å². The first kappa shape index (κ1) is 23.2. The third kappa shape index (κ3) is 5.90. The number of hydrogen-bond donors (Lipinski definition) is 2. The second-order valence-corrected chi connectivity index (χ2v) is 10.6. The Bertz CT molecular complexity index is 771. The minimum absolute atomic E-state index is 0.0335. The molecule has 32 heavy (non-hydrogen) atoms. The van der Waals surface area contributed by atoms with Crippen molar-refractivity contribution < 1.29 is 9.59 Å². The summed E-state index contributed by atoms with van der Waals surface area (Å²) in [4.78, 5) is 30.9. The van der Waals surface area contributed by atoms with Crippen molar-refractivity contribution in [1.29, 1.82) is 0 Å². The van der Waals surface area contributed by atoms with E-state index in [2.05, 4.69) is 48.3 Å². The first-order valence-corrected chi connectivity index (χ1v) is 12.5. The molecule has 0 spiro atoms. The minimum atomic E-state index is -0.353. The molecule has 1 saturated heterocycles. The standard InChI is InChI=1S/C26H40N4O2/c1-18(2)15-29(16-19-6-4-3-5-7-19)23-14-24(30(17-23)26(32)20-8-9-20)25(31)28-22-12-10-21(27)11-13-22/h3-7,18,20-24H,8-17,27H2,1-2H3,(H,28,31). The summed E-state index contributed by atoms with van der Waals surface area (Å²) < 4.78 is 0. The predicted octanol–water partition coefficient (Wildman–Crippen LogP) is 2.91. The molecule has 0 radical (unpaired) electrons. The number of benzene rings is 1. The Labute approximate surface area is 192 Å². The lowest BCUT2D eigenvalue weighted by Crippen LogP contribution is -2.50. The van der Waals surface area contributed by atoms with E-state index >= 15 is 0 Å². The van der Waals surface area contributed by atoms with Crippen molar-refractivity contribution in [2.24, 2.45) is 17.6 Å². The Hall–Kier alpha value is -1.92. The average Bonchev–Trinajstić information content (AvgIpc) is 3.52. The zero-order valence-electron chi connectivity index (χ0n) is 19.7. The fourth-order valence-electron chi connectivity index (χ4n) is 5.33. The van der Waals surface area contributed by atoms with Crippen molar-refractivity contribution >= 4 is 11.8 Å². The maximum Gasteiger partial charge on any atom is 0.243 e. The van der Waals surface area contributed by atoms with E-state index in [1.54, 1.807) is 0 Å². The number of carbonyl (C=O) groups excluding carboxylic acids is 2. The van der Waals surface area contributed by atoms with Gasteiger partial charge < -0.3 is 16.0 Å². The fraction of sp³-hybridized carbons (Fsp3) is 0.692. The van der Waals surface area contributed by atoms with Gasteiger partial charge in [-0.25, -0.2) is 0 Å². The first-order valence-electron chi connectivity index (χ1n) is 12.5.